The first-order valence-electron chi connectivity index (χ1n) is 7.92. The molecule has 2 aromatic rings. The predicted molar refractivity (Wildman–Crippen MR) is 102 cm³/mol. The molecule has 2 heterocycles. The number of guanidine groups is 1. The van der Waals surface area contributed by atoms with E-state index in [0.717, 1.165) is 43.9 Å². The second-order valence-electron chi connectivity index (χ2n) is 5.77. The van der Waals surface area contributed by atoms with E-state index in [-0.39, 0.29) is 36.1 Å². The van der Waals surface area contributed by atoms with E-state index in [1.807, 2.05) is 0 Å². The van der Waals surface area contributed by atoms with E-state index in [4.69, 9.17) is 0 Å². The van der Waals surface area contributed by atoms with Gasteiger partial charge in [0.05, 0.1) is 0 Å². The summed E-state index contributed by atoms with van der Waals surface area (Å²) in [5, 5.41) is 9.92. The van der Waals surface area contributed by atoms with Crippen LogP contribution < -0.4 is 5.32 Å². The lowest BCUT2D eigenvalue weighted by Gasteiger charge is -2.33. The van der Waals surface area contributed by atoms with Crippen LogP contribution in [0.1, 0.15) is 30.1 Å². The third kappa shape index (κ3) is 4.86. The van der Waals surface area contributed by atoms with Gasteiger partial charge < -0.3 is 10.2 Å². The molecular formula is C16H21F2IN6. The van der Waals surface area contributed by atoms with Crippen LogP contribution in [0.5, 0.6) is 0 Å². The Kier molecular flexibility index (Phi) is 7.09. The van der Waals surface area contributed by atoms with Crippen LogP contribution in [0.2, 0.25) is 0 Å². The number of aliphatic imine (C=N–C) groups is 1. The Morgan fingerprint density at radius 1 is 1.36 bits per heavy atom. The van der Waals surface area contributed by atoms with Crippen molar-refractivity contribution in [2.75, 3.05) is 20.1 Å². The summed E-state index contributed by atoms with van der Waals surface area (Å²) in [5.41, 5.74) is 0.285. The summed E-state index contributed by atoms with van der Waals surface area (Å²) in [5.74, 6) is 1.09. The molecule has 0 bridgehead atoms. The highest BCUT2D eigenvalue weighted by molar-refractivity contribution is 14.0. The second kappa shape index (κ2) is 9.07. The molecular weight excluding hydrogens is 441 g/mol. The van der Waals surface area contributed by atoms with Crippen molar-refractivity contribution in [1.29, 1.82) is 0 Å². The Balaban J connectivity index is 0.00000225. The van der Waals surface area contributed by atoms with Crippen molar-refractivity contribution < 1.29 is 8.78 Å². The molecule has 0 amide bonds. The van der Waals surface area contributed by atoms with Gasteiger partial charge in [-0.3, -0.25) is 10.1 Å². The number of benzene rings is 1. The van der Waals surface area contributed by atoms with Crippen LogP contribution in [0.15, 0.2) is 29.5 Å². The molecule has 1 aromatic carbocycles. The minimum absolute atomic E-state index is 0. The van der Waals surface area contributed by atoms with Crippen LogP contribution in [0.25, 0.3) is 0 Å². The molecule has 1 aliphatic heterocycles. The highest BCUT2D eigenvalue weighted by atomic mass is 127. The smallest absolute Gasteiger partial charge is 0.193 e. The van der Waals surface area contributed by atoms with Gasteiger partial charge in [0.15, 0.2) is 5.96 Å². The zero-order chi connectivity index (χ0) is 16.9. The van der Waals surface area contributed by atoms with E-state index in [9.17, 15) is 8.78 Å². The fourth-order valence-corrected chi connectivity index (χ4v) is 2.96. The lowest BCUT2D eigenvalue weighted by Crippen LogP contribution is -2.45. The number of rotatable bonds is 3. The zero-order valence-corrected chi connectivity index (χ0v) is 16.2. The van der Waals surface area contributed by atoms with Crippen LogP contribution in [-0.2, 0) is 6.54 Å². The number of hydrogen-bond acceptors (Lipinski definition) is 3. The van der Waals surface area contributed by atoms with E-state index in [1.165, 1.54) is 12.4 Å². The number of halogens is 3. The first-order valence-corrected chi connectivity index (χ1v) is 7.92. The molecule has 25 heavy (non-hydrogen) atoms. The van der Waals surface area contributed by atoms with Gasteiger partial charge in [-0.25, -0.2) is 13.8 Å². The largest absolute Gasteiger partial charge is 0.352 e. The number of nitrogens with one attached hydrogen (secondary N) is 2. The quantitative estimate of drug-likeness (QED) is 0.418. The summed E-state index contributed by atoms with van der Waals surface area (Å²) in [6.07, 6.45) is 3.39. The summed E-state index contributed by atoms with van der Waals surface area (Å²) >= 11 is 0. The minimum atomic E-state index is -0.448. The molecule has 0 radical (unpaired) electrons. The molecule has 0 unspecified atom stereocenters. The van der Waals surface area contributed by atoms with E-state index in [1.54, 1.807) is 7.05 Å². The van der Waals surface area contributed by atoms with Crippen molar-refractivity contribution in [3.63, 3.8) is 0 Å². The Hall–Kier alpha value is -1.78. The fraction of sp³-hybridized carbons (Fsp3) is 0.438. The van der Waals surface area contributed by atoms with Crippen molar-refractivity contribution in [3.05, 3.63) is 47.5 Å². The lowest BCUT2D eigenvalue weighted by molar-refractivity contribution is 0.298. The predicted octanol–water partition coefficient (Wildman–Crippen LogP) is 2.66. The summed E-state index contributed by atoms with van der Waals surface area (Å²) in [6, 6.07) is 3.45. The SMILES string of the molecule is CN=C(NCc1cc(F)ccc1F)N1CCC(c2ncn[nH]2)CC1.I. The van der Waals surface area contributed by atoms with Crippen molar-refractivity contribution >= 4 is 29.9 Å². The van der Waals surface area contributed by atoms with Crippen LogP contribution >= 0.6 is 24.0 Å². The summed E-state index contributed by atoms with van der Waals surface area (Å²) < 4.78 is 26.9. The van der Waals surface area contributed by atoms with Crippen LogP contribution in [0.4, 0.5) is 8.78 Å². The summed E-state index contributed by atoms with van der Waals surface area (Å²) in [4.78, 5) is 10.6. The number of H-pyrrole nitrogens is 1. The molecule has 0 aliphatic carbocycles. The second-order valence-corrected chi connectivity index (χ2v) is 5.77. The first kappa shape index (κ1) is 19.5. The Labute approximate surface area is 162 Å². The molecule has 0 spiro atoms. The third-order valence-electron chi connectivity index (χ3n) is 4.27. The van der Waals surface area contributed by atoms with Crippen molar-refractivity contribution in [2.45, 2.75) is 25.3 Å². The number of piperidine rings is 1. The average molecular weight is 462 g/mol. The molecule has 0 atom stereocenters. The van der Waals surface area contributed by atoms with Gasteiger partial charge in [0.2, 0.25) is 0 Å². The monoisotopic (exact) mass is 462 g/mol. The molecule has 3 rings (SSSR count). The van der Waals surface area contributed by atoms with Gasteiger partial charge in [0.25, 0.3) is 0 Å². The van der Waals surface area contributed by atoms with Crippen molar-refractivity contribution in [1.82, 2.24) is 25.4 Å². The van der Waals surface area contributed by atoms with E-state index in [0.29, 0.717) is 11.9 Å². The normalized spacial score (nSPS) is 15.8. The number of aromatic amines is 1. The van der Waals surface area contributed by atoms with Gasteiger partial charge in [-0.15, -0.1) is 24.0 Å². The molecule has 2 N–H and O–H groups in total. The van der Waals surface area contributed by atoms with E-state index < -0.39 is 11.6 Å². The fourth-order valence-electron chi connectivity index (χ4n) is 2.96. The topological polar surface area (TPSA) is 69.2 Å². The Bertz CT molecular complexity index is 699. The summed E-state index contributed by atoms with van der Waals surface area (Å²) in [7, 11) is 1.69. The third-order valence-corrected chi connectivity index (χ3v) is 4.27. The maximum absolute atomic E-state index is 13.7. The average Bonchev–Trinajstić information content (AvgIpc) is 3.13. The van der Waals surface area contributed by atoms with Crippen LogP contribution in [-0.4, -0.2) is 46.2 Å². The molecule has 1 aliphatic rings. The molecule has 6 nitrogen and oxygen atoms in total. The van der Waals surface area contributed by atoms with E-state index >= 15 is 0 Å². The molecule has 1 saturated heterocycles. The number of aromatic nitrogens is 3. The van der Waals surface area contributed by atoms with Crippen LogP contribution in [0, 0.1) is 11.6 Å². The first-order chi connectivity index (χ1) is 11.7. The molecule has 1 fully saturated rings. The zero-order valence-electron chi connectivity index (χ0n) is 13.9. The Morgan fingerprint density at radius 3 is 2.76 bits per heavy atom. The van der Waals surface area contributed by atoms with Gasteiger partial charge in [-0.1, -0.05) is 0 Å². The summed E-state index contributed by atoms with van der Waals surface area (Å²) in [6.45, 7) is 1.83. The van der Waals surface area contributed by atoms with Gasteiger partial charge in [0, 0.05) is 38.2 Å². The maximum Gasteiger partial charge on any atom is 0.193 e. The molecule has 1 aromatic heterocycles. The Morgan fingerprint density at radius 2 is 2.12 bits per heavy atom. The van der Waals surface area contributed by atoms with Gasteiger partial charge >= 0.3 is 0 Å². The van der Waals surface area contributed by atoms with Gasteiger partial charge in [-0.05, 0) is 31.0 Å². The number of likely N-dealkylation sites (tertiary alicyclic amines) is 1. The molecule has 136 valence electrons. The molecule has 0 saturated carbocycles. The minimum Gasteiger partial charge on any atom is -0.352 e. The van der Waals surface area contributed by atoms with Gasteiger partial charge in [0.1, 0.15) is 23.8 Å². The highest BCUT2D eigenvalue weighted by Gasteiger charge is 2.24. The van der Waals surface area contributed by atoms with Crippen LogP contribution in [0.3, 0.4) is 0 Å². The van der Waals surface area contributed by atoms with Gasteiger partial charge in [-0.2, -0.15) is 5.10 Å². The lowest BCUT2D eigenvalue weighted by atomic mass is 9.96. The standard InChI is InChI=1S/C16H20F2N6.HI/c1-19-16(20-9-12-8-13(17)2-3-14(12)18)24-6-4-11(5-7-24)15-21-10-22-23-15;/h2-3,8,10-11H,4-7,9H2,1H3,(H,19,20)(H,21,22,23);1H. The highest BCUT2D eigenvalue weighted by Crippen LogP contribution is 2.24. The van der Waals surface area contributed by atoms with Crippen molar-refractivity contribution in [2.24, 2.45) is 4.99 Å². The molecule has 9 heteroatoms. The number of nitrogens with zero attached hydrogens (tertiary/aromatic N) is 4. The van der Waals surface area contributed by atoms with Crippen molar-refractivity contribution in [3.8, 4) is 0 Å². The maximum atomic E-state index is 13.7. The number of hydrogen-bond donors (Lipinski definition) is 2. The van der Waals surface area contributed by atoms with E-state index in [2.05, 4.69) is 30.4 Å².